The van der Waals surface area contributed by atoms with Crippen LogP contribution in [-0.4, -0.2) is 6.54 Å². The number of aryl methyl sites for hydroxylation is 1. The summed E-state index contributed by atoms with van der Waals surface area (Å²) in [6, 6.07) is 3.73. The minimum Gasteiger partial charge on any atom is -0.464 e. The van der Waals surface area contributed by atoms with Crippen LogP contribution >= 0.6 is 0 Å². The van der Waals surface area contributed by atoms with Gasteiger partial charge >= 0.3 is 0 Å². The van der Waals surface area contributed by atoms with Crippen LogP contribution in [-0.2, 0) is 0 Å². The highest BCUT2D eigenvalue weighted by Crippen LogP contribution is 2.14. The standard InChI is InChI=1S/C10H13NO/c1-4-9(11-5-2)10-7-6-8(3)12-10/h1,6-7,9,11H,5H2,2-3H3. The largest absolute Gasteiger partial charge is 0.464 e. The summed E-state index contributed by atoms with van der Waals surface area (Å²) < 4.78 is 5.38. The first-order valence-electron chi connectivity index (χ1n) is 4.03. The maximum Gasteiger partial charge on any atom is 0.133 e. The Kier molecular flexibility index (Phi) is 2.95. The number of rotatable bonds is 3. The molecular weight excluding hydrogens is 150 g/mol. The van der Waals surface area contributed by atoms with E-state index < -0.39 is 0 Å². The molecule has 1 rings (SSSR count). The molecule has 0 saturated carbocycles. The highest BCUT2D eigenvalue weighted by atomic mass is 16.3. The molecule has 0 spiro atoms. The van der Waals surface area contributed by atoms with Gasteiger partial charge in [-0.15, -0.1) is 6.42 Å². The SMILES string of the molecule is C#CC(NCC)c1ccc(C)o1. The van der Waals surface area contributed by atoms with E-state index in [1.165, 1.54) is 0 Å². The summed E-state index contributed by atoms with van der Waals surface area (Å²) in [6.07, 6.45) is 5.33. The molecule has 0 radical (unpaired) electrons. The van der Waals surface area contributed by atoms with Gasteiger partial charge in [0.25, 0.3) is 0 Å². The fraction of sp³-hybridized carbons (Fsp3) is 0.400. The molecule has 0 aromatic carbocycles. The quantitative estimate of drug-likeness (QED) is 0.688. The number of furan rings is 1. The molecule has 0 aliphatic carbocycles. The lowest BCUT2D eigenvalue weighted by Crippen LogP contribution is -2.18. The second-order valence-electron chi connectivity index (χ2n) is 2.61. The summed E-state index contributed by atoms with van der Waals surface area (Å²) in [5.41, 5.74) is 0. The number of hydrogen-bond acceptors (Lipinski definition) is 2. The van der Waals surface area contributed by atoms with E-state index in [1.54, 1.807) is 0 Å². The topological polar surface area (TPSA) is 25.2 Å². The van der Waals surface area contributed by atoms with Gasteiger partial charge in [0.05, 0.1) is 0 Å². The van der Waals surface area contributed by atoms with Crippen LogP contribution in [0.1, 0.15) is 24.5 Å². The average molecular weight is 163 g/mol. The van der Waals surface area contributed by atoms with Crippen LogP contribution < -0.4 is 5.32 Å². The van der Waals surface area contributed by atoms with Gasteiger partial charge in [-0.05, 0) is 25.6 Å². The van der Waals surface area contributed by atoms with Crippen molar-refractivity contribution >= 4 is 0 Å². The Balaban J connectivity index is 2.74. The van der Waals surface area contributed by atoms with Crippen molar-refractivity contribution in [3.8, 4) is 12.3 Å². The lowest BCUT2D eigenvalue weighted by molar-refractivity contribution is 0.446. The first-order valence-corrected chi connectivity index (χ1v) is 4.03. The van der Waals surface area contributed by atoms with Gasteiger partial charge in [-0.1, -0.05) is 12.8 Å². The molecule has 1 atom stereocenters. The summed E-state index contributed by atoms with van der Waals surface area (Å²) in [7, 11) is 0. The number of nitrogens with one attached hydrogen (secondary N) is 1. The molecule has 1 aromatic rings. The summed E-state index contributed by atoms with van der Waals surface area (Å²) in [4.78, 5) is 0. The molecule has 1 aromatic heterocycles. The molecule has 1 unspecified atom stereocenters. The molecule has 2 heteroatoms. The first-order chi connectivity index (χ1) is 5.77. The maximum absolute atomic E-state index is 5.38. The minimum atomic E-state index is -0.0938. The van der Waals surface area contributed by atoms with E-state index in [0.717, 1.165) is 18.1 Å². The molecule has 0 bridgehead atoms. The van der Waals surface area contributed by atoms with E-state index in [2.05, 4.69) is 11.2 Å². The van der Waals surface area contributed by atoms with Gasteiger partial charge in [-0.3, -0.25) is 5.32 Å². The third-order valence-corrected chi connectivity index (χ3v) is 1.62. The molecule has 2 nitrogen and oxygen atoms in total. The smallest absolute Gasteiger partial charge is 0.133 e. The van der Waals surface area contributed by atoms with E-state index in [-0.39, 0.29) is 6.04 Å². The van der Waals surface area contributed by atoms with Crippen LogP contribution in [0.2, 0.25) is 0 Å². The van der Waals surface area contributed by atoms with Gasteiger partial charge in [-0.2, -0.15) is 0 Å². The zero-order valence-corrected chi connectivity index (χ0v) is 7.42. The molecule has 0 fully saturated rings. The zero-order chi connectivity index (χ0) is 8.97. The number of terminal acetylenes is 1. The average Bonchev–Trinajstić information content (AvgIpc) is 2.47. The monoisotopic (exact) mass is 163 g/mol. The van der Waals surface area contributed by atoms with Crippen LogP contribution in [0.3, 0.4) is 0 Å². The van der Waals surface area contributed by atoms with Crippen molar-refractivity contribution in [1.29, 1.82) is 0 Å². The van der Waals surface area contributed by atoms with Crippen molar-refractivity contribution in [1.82, 2.24) is 5.32 Å². The highest BCUT2D eigenvalue weighted by molar-refractivity contribution is 5.17. The van der Waals surface area contributed by atoms with E-state index in [4.69, 9.17) is 10.8 Å². The van der Waals surface area contributed by atoms with Gasteiger partial charge in [0.15, 0.2) is 0 Å². The Morgan fingerprint density at radius 3 is 2.83 bits per heavy atom. The van der Waals surface area contributed by atoms with Crippen molar-refractivity contribution in [2.45, 2.75) is 19.9 Å². The predicted molar refractivity (Wildman–Crippen MR) is 48.7 cm³/mol. The summed E-state index contributed by atoms with van der Waals surface area (Å²) in [5, 5.41) is 3.13. The van der Waals surface area contributed by atoms with Crippen molar-refractivity contribution in [3.05, 3.63) is 23.7 Å². The predicted octanol–water partition coefficient (Wildman–Crippen LogP) is 1.87. The summed E-state index contributed by atoms with van der Waals surface area (Å²) >= 11 is 0. The van der Waals surface area contributed by atoms with E-state index in [1.807, 2.05) is 26.0 Å². The fourth-order valence-corrected chi connectivity index (χ4v) is 1.05. The van der Waals surface area contributed by atoms with Crippen molar-refractivity contribution in [2.24, 2.45) is 0 Å². The normalized spacial score (nSPS) is 12.4. The molecule has 1 N–H and O–H groups in total. The van der Waals surface area contributed by atoms with Crippen LogP contribution in [0.5, 0.6) is 0 Å². The zero-order valence-electron chi connectivity index (χ0n) is 7.42. The second-order valence-corrected chi connectivity index (χ2v) is 2.61. The van der Waals surface area contributed by atoms with Crippen molar-refractivity contribution < 1.29 is 4.42 Å². The minimum absolute atomic E-state index is 0.0938. The molecular formula is C10H13NO. The Hall–Kier alpha value is -1.20. The van der Waals surface area contributed by atoms with E-state index in [0.29, 0.717) is 0 Å². The van der Waals surface area contributed by atoms with E-state index >= 15 is 0 Å². The second kappa shape index (κ2) is 3.99. The third kappa shape index (κ3) is 1.90. The summed E-state index contributed by atoms with van der Waals surface area (Å²) in [5.74, 6) is 4.34. The van der Waals surface area contributed by atoms with Crippen LogP contribution in [0.4, 0.5) is 0 Å². The Labute approximate surface area is 73.0 Å². The Morgan fingerprint density at radius 1 is 1.67 bits per heavy atom. The van der Waals surface area contributed by atoms with Crippen molar-refractivity contribution in [2.75, 3.05) is 6.54 Å². The van der Waals surface area contributed by atoms with Crippen molar-refractivity contribution in [3.63, 3.8) is 0 Å². The lowest BCUT2D eigenvalue weighted by atomic mass is 10.2. The molecule has 0 aliphatic heterocycles. The lowest BCUT2D eigenvalue weighted by Gasteiger charge is -2.07. The fourth-order valence-electron chi connectivity index (χ4n) is 1.05. The molecule has 0 saturated heterocycles. The van der Waals surface area contributed by atoms with Crippen LogP contribution in [0.25, 0.3) is 0 Å². The van der Waals surface area contributed by atoms with Crippen LogP contribution in [0, 0.1) is 19.3 Å². The summed E-state index contributed by atoms with van der Waals surface area (Å²) in [6.45, 7) is 4.76. The van der Waals surface area contributed by atoms with Crippen LogP contribution in [0.15, 0.2) is 16.5 Å². The van der Waals surface area contributed by atoms with Gasteiger partial charge < -0.3 is 4.42 Å². The molecule has 64 valence electrons. The van der Waals surface area contributed by atoms with E-state index in [9.17, 15) is 0 Å². The molecule has 0 amide bonds. The van der Waals surface area contributed by atoms with Gasteiger partial charge in [0.1, 0.15) is 17.6 Å². The first kappa shape index (κ1) is 8.89. The highest BCUT2D eigenvalue weighted by Gasteiger charge is 2.09. The number of hydrogen-bond donors (Lipinski definition) is 1. The van der Waals surface area contributed by atoms with Gasteiger partial charge in [0, 0.05) is 0 Å². The van der Waals surface area contributed by atoms with Gasteiger partial charge in [0.2, 0.25) is 0 Å². The Bertz CT molecular complexity index is 282. The molecule has 12 heavy (non-hydrogen) atoms. The Morgan fingerprint density at radius 2 is 2.42 bits per heavy atom. The third-order valence-electron chi connectivity index (χ3n) is 1.62. The molecule has 0 aliphatic rings. The van der Waals surface area contributed by atoms with Gasteiger partial charge in [-0.25, -0.2) is 0 Å². The maximum atomic E-state index is 5.38. The molecule has 1 heterocycles.